The molecule has 2 nitrogen and oxygen atoms in total. The van der Waals surface area contributed by atoms with Gasteiger partial charge in [-0.15, -0.1) is 0 Å². The van der Waals surface area contributed by atoms with E-state index in [1.807, 2.05) is 0 Å². The SMILES string of the molecule is CC(C)(c1ccccc1)c1cc2c3c(c1)N(c1ccc(C4=CC=CCC4)cc1)C1=C(C=C(c4ccccc4)CC1)B3C1CC(c3ccccc3)=CC=C1N2c1ccc(C2=CCCC=C2)cc1. The van der Waals surface area contributed by atoms with Crippen molar-refractivity contribution in [2.24, 2.45) is 0 Å². The Balaban J connectivity index is 1.13. The first kappa shape index (κ1) is 40.4. The van der Waals surface area contributed by atoms with E-state index in [9.17, 15) is 0 Å². The Morgan fingerprint density at radius 2 is 1.17 bits per heavy atom. The lowest BCUT2D eigenvalue weighted by molar-refractivity contribution is 0.640. The molecule has 12 rings (SSSR count). The van der Waals surface area contributed by atoms with Crippen LogP contribution in [0.15, 0.2) is 223 Å². The van der Waals surface area contributed by atoms with Gasteiger partial charge in [0.15, 0.2) is 0 Å². The number of benzene rings is 6. The average Bonchev–Trinajstić information content (AvgIpc) is 3.39. The number of anilines is 4. The zero-order valence-electron chi connectivity index (χ0n) is 38.1. The predicted molar refractivity (Wildman–Crippen MR) is 282 cm³/mol. The Bertz CT molecular complexity index is 3100. The van der Waals surface area contributed by atoms with Crippen molar-refractivity contribution in [3.8, 4) is 0 Å². The fraction of sp³-hybridized carbons (Fsp3) is 0.175. The maximum atomic E-state index is 2.68. The summed E-state index contributed by atoms with van der Waals surface area (Å²) in [7, 11) is 0. The minimum atomic E-state index is -0.270. The second-order valence-corrected chi connectivity index (χ2v) is 19.4. The van der Waals surface area contributed by atoms with E-state index in [4.69, 9.17) is 0 Å². The van der Waals surface area contributed by atoms with Gasteiger partial charge in [0, 0.05) is 39.6 Å². The van der Waals surface area contributed by atoms with E-state index in [1.165, 1.54) is 101 Å². The van der Waals surface area contributed by atoms with Crippen LogP contribution in [0.5, 0.6) is 0 Å². The highest BCUT2D eigenvalue weighted by Gasteiger charge is 2.50. The molecule has 66 heavy (non-hydrogen) atoms. The molecule has 0 radical (unpaired) electrons. The molecule has 0 bridgehead atoms. The van der Waals surface area contributed by atoms with Gasteiger partial charge in [-0.3, -0.25) is 0 Å². The standard InChI is InChI=1S/C63H55BN2/c1-63(2,52-26-16-7-17-27-52)53-42-60-62-61(43-53)66(55-36-30-49(31-37-55)45-20-10-4-11-21-45)59-39-33-51(47-24-14-6-15-25-47)41-57(59)64(62)56-40-50(46-22-12-5-13-23-46)32-38-58(56)65(60)54-34-28-48(29-35-54)44-18-8-3-9-19-44/h3,5-8,10,12-18,20-31,33-37,39-40,42-43,57H,4,9,11,19,32,38,41H2,1-2H3. The van der Waals surface area contributed by atoms with Gasteiger partial charge in [0.25, 0.3) is 0 Å². The minimum absolute atomic E-state index is 0.152. The fourth-order valence-corrected chi connectivity index (χ4v) is 11.7. The lowest BCUT2D eigenvalue weighted by atomic mass is 9.28. The predicted octanol–water partition coefficient (Wildman–Crippen LogP) is 15.9. The normalized spacial score (nSPS) is 18.7. The molecule has 4 aliphatic carbocycles. The minimum Gasteiger partial charge on any atom is -0.315 e. The first-order valence-corrected chi connectivity index (χ1v) is 24.2. The van der Waals surface area contributed by atoms with Gasteiger partial charge in [-0.2, -0.15) is 0 Å². The molecule has 1 atom stereocenters. The van der Waals surface area contributed by atoms with Crippen molar-refractivity contribution >= 4 is 57.2 Å². The van der Waals surface area contributed by atoms with E-state index in [1.54, 1.807) is 0 Å². The van der Waals surface area contributed by atoms with E-state index in [0.717, 1.165) is 44.9 Å². The van der Waals surface area contributed by atoms with Gasteiger partial charge in [-0.05, 0) is 154 Å². The summed E-state index contributed by atoms with van der Waals surface area (Å²) >= 11 is 0. The number of allylic oxidation sites excluding steroid dienone is 16. The zero-order valence-corrected chi connectivity index (χ0v) is 38.1. The Morgan fingerprint density at radius 1 is 0.530 bits per heavy atom. The molecule has 1 unspecified atom stereocenters. The highest BCUT2D eigenvalue weighted by molar-refractivity contribution is 6.86. The molecule has 0 fully saturated rings. The van der Waals surface area contributed by atoms with Crippen molar-refractivity contribution in [3.05, 3.63) is 257 Å². The van der Waals surface area contributed by atoms with Crippen LogP contribution in [0.3, 0.4) is 0 Å². The molecule has 6 aromatic rings. The zero-order chi connectivity index (χ0) is 44.2. The first-order valence-electron chi connectivity index (χ1n) is 24.2. The van der Waals surface area contributed by atoms with Gasteiger partial charge in [0.2, 0.25) is 6.71 Å². The van der Waals surface area contributed by atoms with Crippen LogP contribution in [0.2, 0.25) is 5.82 Å². The Kier molecular flexibility index (Phi) is 10.2. The molecule has 0 aromatic heterocycles. The van der Waals surface area contributed by atoms with E-state index in [2.05, 4.69) is 230 Å². The number of nitrogens with zero attached hydrogens (tertiary/aromatic N) is 2. The molecule has 6 aromatic carbocycles. The number of fused-ring (bicyclic) bond motifs is 3. The molecule has 6 aliphatic rings. The summed E-state index contributed by atoms with van der Waals surface area (Å²) in [4.78, 5) is 5.33. The Hall–Kier alpha value is -7.10. The largest absolute Gasteiger partial charge is 0.315 e. The Morgan fingerprint density at radius 3 is 1.83 bits per heavy atom. The van der Waals surface area contributed by atoms with Gasteiger partial charge < -0.3 is 9.80 Å². The van der Waals surface area contributed by atoms with Crippen LogP contribution >= 0.6 is 0 Å². The smallest absolute Gasteiger partial charge is 0.226 e. The maximum absolute atomic E-state index is 2.68. The molecule has 3 heteroatoms. The second-order valence-electron chi connectivity index (χ2n) is 19.4. The van der Waals surface area contributed by atoms with Crippen molar-refractivity contribution in [1.29, 1.82) is 0 Å². The van der Waals surface area contributed by atoms with Crippen molar-refractivity contribution < 1.29 is 0 Å². The summed E-state index contributed by atoms with van der Waals surface area (Å²) in [6.45, 7) is 4.97. The van der Waals surface area contributed by atoms with E-state index >= 15 is 0 Å². The molecule has 0 amide bonds. The van der Waals surface area contributed by atoms with Gasteiger partial charge in [0.1, 0.15) is 0 Å². The molecule has 2 aliphatic heterocycles. The Labute approximate surface area is 391 Å². The van der Waals surface area contributed by atoms with Gasteiger partial charge in [-0.25, -0.2) is 0 Å². The average molecular weight is 851 g/mol. The van der Waals surface area contributed by atoms with Crippen molar-refractivity contribution in [3.63, 3.8) is 0 Å². The maximum Gasteiger partial charge on any atom is 0.226 e. The molecular weight excluding hydrogens is 796 g/mol. The van der Waals surface area contributed by atoms with Crippen molar-refractivity contribution in [2.45, 2.75) is 70.0 Å². The van der Waals surface area contributed by atoms with Gasteiger partial charge >= 0.3 is 0 Å². The molecule has 0 N–H and O–H groups in total. The quantitative estimate of drug-likeness (QED) is 0.141. The van der Waals surface area contributed by atoms with Crippen molar-refractivity contribution in [1.82, 2.24) is 0 Å². The first-order chi connectivity index (χ1) is 32.5. The number of hydrogen-bond donors (Lipinski definition) is 0. The third kappa shape index (κ3) is 7.04. The summed E-state index contributed by atoms with van der Waals surface area (Å²) in [6.07, 6.45) is 28.6. The van der Waals surface area contributed by atoms with Crippen LogP contribution in [0.1, 0.15) is 92.2 Å². The van der Waals surface area contributed by atoms with Crippen LogP contribution in [0.4, 0.5) is 22.7 Å². The second kappa shape index (κ2) is 16.7. The lowest BCUT2D eigenvalue weighted by Gasteiger charge is -2.50. The van der Waals surface area contributed by atoms with E-state index < -0.39 is 0 Å². The third-order valence-corrected chi connectivity index (χ3v) is 15.2. The van der Waals surface area contributed by atoms with Crippen molar-refractivity contribution in [2.75, 3.05) is 9.80 Å². The molecule has 0 saturated heterocycles. The van der Waals surface area contributed by atoms with Gasteiger partial charge in [-0.1, -0.05) is 183 Å². The highest BCUT2D eigenvalue weighted by atomic mass is 15.2. The summed E-state index contributed by atoms with van der Waals surface area (Å²) in [5.41, 5.74) is 23.9. The molecule has 0 saturated carbocycles. The topological polar surface area (TPSA) is 6.48 Å². The highest BCUT2D eigenvalue weighted by Crippen LogP contribution is 2.55. The molecule has 0 spiro atoms. The summed E-state index contributed by atoms with van der Waals surface area (Å²) < 4.78 is 0. The van der Waals surface area contributed by atoms with Gasteiger partial charge in [0.05, 0.1) is 0 Å². The third-order valence-electron chi connectivity index (χ3n) is 15.2. The number of hydrogen-bond acceptors (Lipinski definition) is 2. The summed E-state index contributed by atoms with van der Waals surface area (Å²) in [6, 6.07) is 57.5. The van der Waals surface area contributed by atoms with Crippen LogP contribution in [-0.2, 0) is 5.41 Å². The summed E-state index contributed by atoms with van der Waals surface area (Å²) in [5.74, 6) is 0.209. The molecule has 320 valence electrons. The molecule has 2 heterocycles. The van der Waals surface area contributed by atoms with Crippen LogP contribution in [0, 0.1) is 0 Å². The number of rotatable bonds is 8. The van der Waals surface area contributed by atoms with Crippen LogP contribution in [-0.4, -0.2) is 6.71 Å². The van der Waals surface area contributed by atoms with E-state index in [-0.39, 0.29) is 17.9 Å². The van der Waals surface area contributed by atoms with E-state index in [0.29, 0.717) is 0 Å². The summed E-state index contributed by atoms with van der Waals surface area (Å²) in [5, 5.41) is 0. The lowest BCUT2D eigenvalue weighted by Crippen LogP contribution is -2.53. The fourth-order valence-electron chi connectivity index (χ4n) is 11.7. The van der Waals surface area contributed by atoms with Crippen LogP contribution in [0.25, 0.3) is 22.3 Å². The monoisotopic (exact) mass is 850 g/mol. The molecular formula is C63H55BN2. The van der Waals surface area contributed by atoms with Crippen LogP contribution < -0.4 is 15.3 Å².